The molecular weight excluding hydrogens is 272 g/mol. The molecule has 0 saturated carbocycles. The summed E-state index contributed by atoms with van der Waals surface area (Å²) in [7, 11) is 1.61. The summed E-state index contributed by atoms with van der Waals surface area (Å²) in [6.45, 7) is 1.79. The first kappa shape index (κ1) is 14.2. The van der Waals surface area contributed by atoms with Crippen LogP contribution < -0.4 is 10.6 Å². The number of nitriles is 1. The van der Waals surface area contributed by atoms with Crippen molar-refractivity contribution in [2.45, 2.75) is 6.92 Å². The van der Waals surface area contributed by atoms with Gasteiger partial charge in [0.25, 0.3) is 0 Å². The number of benzene rings is 1. The average Bonchev–Trinajstić information content (AvgIpc) is 2.47. The zero-order chi connectivity index (χ0) is 15.4. The van der Waals surface area contributed by atoms with Gasteiger partial charge >= 0.3 is 5.69 Å². The lowest BCUT2D eigenvalue weighted by atomic mass is 10.1. The fourth-order valence-corrected chi connectivity index (χ4v) is 1.77. The number of nitro groups is 1. The van der Waals surface area contributed by atoms with Gasteiger partial charge in [0.1, 0.15) is 12.3 Å². The molecule has 2 N–H and O–H groups in total. The summed E-state index contributed by atoms with van der Waals surface area (Å²) in [5.74, 6) is 0.274. The van der Waals surface area contributed by atoms with Crippen molar-refractivity contribution in [3.8, 4) is 6.07 Å². The van der Waals surface area contributed by atoms with E-state index in [0.717, 1.165) is 11.8 Å². The van der Waals surface area contributed by atoms with E-state index in [1.54, 1.807) is 32.2 Å². The van der Waals surface area contributed by atoms with Crippen LogP contribution in [0.1, 0.15) is 11.1 Å². The summed E-state index contributed by atoms with van der Waals surface area (Å²) >= 11 is 0. The Hall–Kier alpha value is -3.21. The molecule has 8 heteroatoms. The molecule has 0 saturated heterocycles. The lowest BCUT2D eigenvalue weighted by molar-refractivity contribution is -0.384. The highest BCUT2D eigenvalue weighted by atomic mass is 16.6. The molecule has 0 fully saturated rings. The molecule has 21 heavy (non-hydrogen) atoms. The topological polar surface area (TPSA) is 117 Å². The maximum Gasteiger partial charge on any atom is 0.329 e. The summed E-state index contributed by atoms with van der Waals surface area (Å²) in [5.41, 5.74) is 1.38. The summed E-state index contributed by atoms with van der Waals surface area (Å²) in [6.07, 6.45) is 1.11. The van der Waals surface area contributed by atoms with Crippen LogP contribution in [0, 0.1) is 28.4 Å². The number of aryl methyl sites for hydroxylation is 1. The number of hydrogen-bond donors (Lipinski definition) is 2. The molecular formula is C13H12N6O2. The molecule has 1 aromatic carbocycles. The van der Waals surface area contributed by atoms with Crippen LogP contribution in [0.25, 0.3) is 0 Å². The normalized spacial score (nSPS) is 9.76. The minimum atomic E-state index is -0.580. The number of nitrogens with one attached hydrogen (secondary N) is 2. The van der Waals surface area contributed by atoms with E-state index in [9.17, 15) is 15.4 Å². The van der Waals surface area contributed by atoms with Crippen LogP contribution in [0.15, 0.2) is 24.4 Å². The predicted molar refractivity (Wildman–Crippen MR) is 77.4 cm³/mol. The zero-order valence-electron chi connectivity index (χ0n) is 11.4. The molecule has 0 unspecified atom stereocenters. The van der Waals surface area contributed by atoms with Gasteiger partial charge in [-0.3, -0.25) is 10.1 Å². The Labute approximate surface area is 120 Å². The van der Waals surface area contributed by atoms with Crippen LogP contribution in [-0.4, -0.2) is 21.9 Å². The number of aromatic nitrogens is 2. The van der Waals surface area contributed by atoms with E-state index in [0.29, 0.717) is 11.3 Å². The molecule has 0 aliphatic carbocycles. The largest absolute Gasteiger partial charge is 0.357 e. The molecule has 1 aromatic heterocycles. The third-order valence-corrected chi connectivity index (χ3v) is 2.83. The van der Waals surface area contributed by atoms with Crippen molar-refractivity contribution in [3.63, 3.8) is 0 Å². The Balaban J connectivity index is 2.51. The first-order valence-corrected chi connectivity index (χ1v) is 6.02. The quantitative estimate of drug-likeness (QED) is 0.653. The van der Waals surface area contributed by atoms with Crippen molar-refractivity contribution in [2.24, 2.45) is 0 Å². The first-order chi connectivity index (χ1) is 10.1. The van der Waals surface area contributed by atoms with Crippen LogP contribution in [0.5, 0.6) is 0 Å². The van der Waals surface area contributed by atoms with Gasteiger partial charge in [-0.2, -0.15) is 10.2 Å². The second-order valence-electron chi connectivity index (χ2n) is 4.17. The molecule has 2 rings (SSSR count). The third-order valence-electron chi connectivity index (χ3n) is 2.83. The van der Waals surface area contributed by atoms with Gasteiger partial charge in [0.2, 0.25) is 11.8 Å². The van der Waals surface area contributed by atoms with E-state index in [2.05, 4.69) is 26.7 Å². The predicted octanol–water partition coefficient (Wildman–Crippen LogP) is 2.35. The smallest absolute Gasteiger partial charge is 0.329 e. The van der Waals surface area contributed by atoms with Crippen molar-refractivity contribution in [3.05, 3.63) is 45.6 Å². The lowest BCUT2D eigenvalue weighted by Gasteiger charge is -2.10. The molecule has 0 aliphatic heterocycles. The minimum Gasteiger partial charge on any atom is -0.357 e. The number of rotatable bonds is 4. The summed E-state index contributed by atoms with van der Waals surface area (Å²) in [5, 5.41) is 25.8. The van der Waals surface area contributed by atoms with Gasteiger partial charge in [-0.05, 0) is 18.6 Å². The average molecular weight is 284 g/mol. The molecule has 106 valence electrons. The Morgan fingerprint density at radius 2 is 2.19 bits per heavy atom. The molecule has 0 amide bonds. The van der Waals surface area contributed by atoms with Crippen molar-refractivity contribution in [1.82, 2.24) is 9.97 Å². The monoisotopic (exact) mass is 284 g/mol. The highest BCUT2D eigenvalue weighted by Crippen LogP contribution is 2.28. The second kappa shape index (κ2) is 5.83. The van der Waals surface area contributed by atoms with Crippen LogP contribution in [-0.2, 0) is 0 Å². The molecule has 0 radical (unpaired) electrons. The fraction of sp³-hybridized carbons (Fsp3) is 0.154. The van der Waals surface area contributed by atoms with Crippen molar-refractivity contribution in [1.29, 1.82) is 5.26 Å². The number of anilines is 3. The summed E-state index contributed by atoms with van der Waals surface area (Å²) in [6, 6.07) is 7.28. The van der Waals surface area contributed by atoms with Gasteiger partial charge in [-0.25, -0.2) is 4.98 Å². The van der Waals surface area contributed by atoms with Gasteiger partial charge < -0.3 is 10.6 Å². The Bertz CT molecular complexity index is 738. The summed E-state index contributed by atoms with van der Waals surface area (Å²) < 4.78 is 0. The van der Waals surface area contributed by atoms with E-state index in [1.807, 2.05) is 0 Å². The fourth-order valence-electron chi connectivity index (χ4n) is 1.77. The van der Waals surface area contributed by atoms with E-state index >= 15 is 0 Å². The molecule has 2 aromatic rings. The van der Waals surface area contributed by atoms with Crippen molar-refractivity contribution >= 4 is 23.1 Å². The molecule has 1 heterocycles. The first-order valence-electron chi connectivity index (χ1n) is 6.02. The van der Waals surface area contributed by atoms with Gasteiger partial charge in [0.15, 0.2) is 0 Å². The van der Waals surface area contributed by atoms with Crippen LogP contribution in [0.3, 0.4) is 0 Å². The van der Waals surface area contributed by atoms with Gasteiger partial charge in [0, 0.05) is 7.05 Å². The SMILES string of the molecule is CNc1ncc([N+](=O)[O-])c(Nc2cccc(C)c2C#N)n1. The Morgan fingerprint density at radius 1 is 1.43 bits per heavy atom. The van der Waals surface area contributed by atoms with Crippen LogP contribution >= 0.6 is 0 Å². The van der Waals surface area contributed by atoms with Crippen molar-refractivity contribution in [2.75, 3.05) is 17.7 Å². The van der Waals surface area contributed by atoms with Crippen LogP contribution in [0.2, 0.25) is 0 Å². The molecule has 8 nitrogen and oxygen atoms in total. The minimum absolute atomic E-state index is 0.0291. The highest BCUT2D eigenvalue weighted by molar-refractivity contribution is 5.71. The molecule has 0 spiro atoms. The molecule has 0 aliphatic rings. The van der Waals surface area contributed by atoms with Crippen molar-refractivity contribution < 1.29 is 4.92 Å². The third kappa shape index (κ3) is 2.87. The second-order valence-corrected chi connectivity index (χ2v) is 4.17. The number of hydrogen-bond acceptors (Lipinski definition) is 7. The Kier molecular flexibility index (Phi) is 3.95. The van der Waals surface area contributed by atoms with Gasteiger partial charge in [-0.1, -0.05) is 12.1 Å². The maximum atomic E-state index is 11.0. The van der Waals surface area contributed by atoms with Gasteiger partial charge in [-0.15, -0.1) is 0 Å². The summed E-state index contributed by atoms with van der Waals surface area (Å²) in [4.78, 5) is 18.3. The molecule has 0 bridgehead atoms. The number of nitrogens with zero attached hydrogens (tertiary/aromatic N) is 4. The Morgan fingerprint density at radius 3 is 2.81 bits per heavy atom. The zero-order valence-corrected chi connectivity index (χ0v) is 11.4. The van der Waals surface area contributed by atoms with Gasteiger partial charge in [0.05, 0.1) is 16.2 Å². The van der Waals surface area contributed by atoms with E-state index in [1.165, 1.54) is 0 Å². The van der Waals surface area contributed by atoms with E-state index in [-0.39, 0.29) is 17.5 Å². The van der Waals surface area contributed by atoms with Crippen LogP contribution in [0.4, 0.5) is 23.1 Å². The lowest BCUT2D eigenvalue weighted by Crippen LogP contribution is -2.05. The molecule has 0 atom stereocenters. The maximum absolute atomic E-state index is 11.0. The van der Waals surface area contributed by atoms with E-state index in [4.69, 9.17) is 0 Å². The highest BCUT2D eigenvalue weighted by Gasteiger charge is 2.18. The standard InChI is InChI=1S/C13H12N6O2/c1-8-4-3-5-10(9(8)6-14)17-12-11(19(20)21)7-16-13(15-2)18-12/h3-5,7H,1-2H3,(H2,15,16,17,18). The van der Waals surface area contributed by atoms with E-state index < -0.39 is 4.92 Å².